The van der Waals surface area contributed by atoms with Crippen LogP contribution in [0, 0.1) is 27.7 Å². The van der Waals surface area contributed by atoms with Crippen molar-refractivity contribution in [1.82, 2.24) is 19.7 Å². The maximum Gasteiger partial charge on any atom is 0.227 e. The summed E-state index contributed by atoms with van der Waals surface area (Å²) in [5, 5.41) is 5.61. The first-order chi connectivity index (χ1) is 11.4. The van der Waals surface area contributed by atoms with E-state index in [1.807, 2.05) is 30.5 Å². The first kappa shape index (κ1) is 17.1. The quantitative estimate of drug-likeness (QED) is 0.858. The van der Waals surface area contributed by atoms with Crippen LogP contribution in [0.25, 0.3) is 0 Å². The summed E-state index contributed by atoms with van der Waals surface area (Å²) in [6.45, 7) is 9.85. The molecule has 5 nitrogen and oxygen atoms in total. The van der Waals surface area contributed by atoms with Crippen LogP contribution in [0.2, 0.25) is 0 Å². The number of hydrogen-bond acceptors (Lipinski definition) is 4. The Kier molecular flexibility index (Phi) is 4.76. The van der Waals surface area contributed by atoms with Crippen molar-refractivity contribution in [2.24, 2.45) is 7.05 Å². The monoisotopic (exact) mass is 346 g/mol. The molecule has 0 radical (unpaired) electrons. The van der Waals surface area contributed by atoms with Crippen LogP contribution in [0.1, 0.15) is 51.3 Å². The molecule has 0 aliphatic carbocycles. The number of thiazole rings is 1. The molecule has 0 N–H and O–H groups in total. The van der Waals surface area contributed by atoms with Crippen molar-refractivity contribution >= 4 is 17.2 Å². The molecule has 0 saturated carbocycles. The largest absolute Gasteiger partial charge is 0.342 e. The van der Waals surface area contributed by atoms with Crippen molar-refractivity contribution in [2.45, 2.75) is 52.9 Å². The van der Waals surface area contributed by atoms with Gasteiger partial charge in [-0.2, -0.15) is 5.10 Å². The van der Waals surface area contributed by atoms with E-state index >= 15 is 0 Å². The number of nitrogens with zero attached hydrogens (tertiary/aromatic N) is 4. The molecular weight excluding hydrogens is 320 g/mol. The lowest BCUT2D eigenvalue weighted by Gasteiger charge is -2.32. The zero-order chi connectivity index (χ0) is 17.4. The van der Waals surface area contributed by atoms with Crippen LogP contribution in [-0.4, -0.2) is 38.7 Å². The molecule has 0 spiro atoms. The van der Waals surface area contributed by atoms with E-state index in [4.69, 9.17) is 4.98 Å². The van der Waals surface area contributed by atoms with E-state index in [0.717, 1.165) is 48.6 Å². The predicted molar refractivity (Wildman–Crippen MR) is 96.5 cm³/mol. The topological polar surface area (TPSA) is 51.0 Å². The van der Waals surface area contributed by atoms with Gasteiger partial charge in [0, 0.05) is 42.2 Å². The van der Waals surface area contributed by atoms with Crippen LogP contribution >= 0.6 is 11.3 Å². The van der Waals surface area contributed by atoms with Crippen molar-refractivity contribution in [2.75, 3.05) is 13.1 Å². The fourth-order valence-corrected chi connectivity index (χ4v) is 4.46. The Labute approximate surface area is 147 Å². The van der Waals surface area contributed by atoms with Crippen LogP contribution in [0.4, 0.5) is 0 Å². The highest BCUT2D eigenvalue weighted by Gasteiger charge is 2.28. The van der Waals surface area contributed by atoms with Gasteiger partial charge in [-0.25, -0.2) is 4.98 Å². The van der Waals surface area contributed by atoms with Crippen molar-refractivity contribution in [1.29, 1.82) is 0 Å². The molecule has 1 amide bonds. The Hall–Kier alpha value is -1.69. The van der Waals surface area contributed by atoms with Gasteiger partial charge in [-0.05, 0) is 40.5 Å². The average Bonchev–Trinajstić information content (AvgIpc) is 3.01. The molecule has 1 atom stereocenters. The van der Waals surface area contributed by atoms with Gasteiger partial charge in [-0.1, -0.05) is 0 Å². The zero-order valence-electron chi connectivity index (χ0n) is 15.2. The fourth-order valence-electron chi connectivity index (χ4n) is 3.41. The first-order valence-corrected chi connectivity index (χ1v) is 9.39. The number of aromatic nitrogens is 3. The predicted octanol–water partition coefficient (Wildman–Crippen LogP) is 3.06. The number of amides is 1. The Bertz CT molecular complexity index is 742. The highest BCUT2D eigenvalue weighted by molar-refractivity contribution is 7.11. The van der Waals surface area contributed by atoms with E-state index in [9.17, 15) is 4.79 Å². The van der Waals surface area contributed by atoms with Gasteiger partial charge >= 0.3 is 0 Å². The SMILES string of the molecule is Cc1nc([C@H]2CCCN(C(=O)Cc3c(C)nn(C)c3C)C2)sc1C. The standard InChI is InChI=1S/C18H26N4OS/c1-11-14(4)24-18(19-11)15-7-6-8-22(10-15)17(23)9-16-12(2)20-21(5)13(16)3/h15H,6-10H2,1-5H3/t15-/m0/s1. The molecule has 0 bridgehead atoms. The average molecular weight is 347 g/mol. The van der Waals surface area contributed by atoms with Gasteiger partial charge in [0.25, 0.3) is 0 Å². The molecule has 6 heteroatoms. The third-order valence-electron chi connectivity index (χ3n) is 5.16. The smallest absolute Gasteiger partial charge is 0.227 e. The molecule has 1 aliphatic rings. The summed E-state index contributed by atoms with van der Waals surface area (Å²) in [6, 6.07) is 0. The normalized spacial score (nSPS) is 18.2. The summed E-state index contributed by atoms with van der Waals surface area (Å²) < 4.78 is 1.86. The second-order valence-electron chi connectivity index (χ2n) is 6.82. The summed E-state index contributed by atoms with van der Waals surface area (Å²) in [5.74, 6) is 0.597. The Morgan fingerprint density at radius 2 is 2.00 bits per heavy atom. The van der Waals surface area contributed by atoms with Crippen molar-refractivity contribution in [3.05, 3.63) is 32.5 Å². The fraction of sp³-hybridized carbons (Fsp3) is 0.611. The Morgan fingerprint density at radius 1 is 1.25 bits per heavy atom. The molecule has 0 aromatic carbocycles. The lowest BCUT2D eigenvalue weighted by molar-refractivity contribution is -0.131. The van der Waals surface area contributed by atoms with E-state index in [-0.39, 0.29) is 5.91 Å². The summed E-state index contributed by atoms with van der Waals surface area (Å²) in [7, 11) is 1.93. The minimum absolute atomic E-state index is 0.212. The van der Waals surface area contributed by atoms with Gasteiger partial charge in [-0.3, -0.25) is 9.48 Å². The molecular formula is C18H26N4OS. The molecule has 3 heterocycles. The van der Waals surface area contributed by atoms with Crippen molar-refractivity contribution in [3.63, 3.8) is 0 Å². The number of carbonyl (C=O) groups is 1. The number of hydrogen-bond donors (Lipinski definition) is 0. The van der Waals surface area contributed by atoms with Gasteiger partial charge in [0.2, 0.25) is 5.91 Å². The van der Waals surface area contributed by atoms with Crippen LogP contribution in [0.15, 0.2) is 0 Å². The summed E-state index contributed by atoms with van der Waals surface area (Å²) in [6.07, 6.45) is 2.63. The van der Waals surface area contributed by atoms with Gasteiger partial charge in [0.1, 0.15) is 0 Å². The highest BCUT2D eigenvalue weighted by atomic mass is 32.1. The van der Waals surface area contributed by atoms with E-state index < -0.39 is 0 Å². The summed E-state index contributed by atoms with van der Waals surface area (Å²) >= 11 is 1.78. The molecule has 2 aromatic heterocycles. The van der Waals surface area contributed by atoms with Crippen LogP contribution in [-0.2, 0) is 18.3 Å². The van der Waals surface area contributed by atoms with E-state index in [1.165, 1.54) is 9.88 Å². The Morgan fingerprint density at radius 3 is 2.58 bits per heavy atom. The molecule has 24 heavy (non-hydrogen) atoms. The second kappa shape index (κ2) is 6.67. The number of carbonyl (C=O) groups excluding carboxylic acids is 1. The zero-order valence-corrected chi connectivity index (χ0v) is 16.0. The first-order valence-electron chi connectivity index (χ1n) is 8.57. The van der Waals surface area contributed by atoms with Gasteiger partial charge in [0.05, 0.1) is 22.8 Å². The highest BCUT2D eigenvalue weighted by Crippen LogP contribution is 2.31. The van der Waals surface area contributed by atoms with Gasteiger partial charge in [0.15, 0.2) is 0 Å². The van der Waals surface area contributed by atoms with Gasteiger partial charge < -0.3 is 4.90 Å². The number of piperidine rings is 1. The summed E-state index contributed by atoms with van der Waals surface area (Å²) in [4.78, 5) is 20.8. The number of likely N-dealkylation sites (tertiary alicyclic amines) is 1. The Balaban J connectivity index is 1.71. The van der Waals surface area contributed by atoms with Crippen LogP contribution < -0.4 is 0 Å². The van der Waals surface area contributed by atoms with Gasteiger partial charge in [-0.15, -0.1) is 11.3 Å². The van der Waals surface area contributed by atoms with E-state index in [2.05, 4.69) is 18.9 Å². The molecule has 0 unspecified atom stereocenters. The number of rotatable bonds is 3. The van der Waals surface area contributed by atoms with E-state index in [0.29, 0.717) is 12.3 Å². The molecule has 1 fully saturated rings. The minimum Gasteiger partial charge on any atom is -0.342 e. The maximum atomic E-state index is 12.8. The molecule has 1 saturated heterocycles. The molecule has 2 aromatic rings. The lowest BCUT2D eigenvalue weighted by Crippen LogP contribution is -2.40. The maximum absolute atomic E-state index is 12.8. The van der Waals surface area contributed by atoms with E-state index in [1.54, 1.807) is 11.3 Å². The minimum atomic E-state index is 0.212. The third-order valence-corrected chi connectivity index (χ3v) is 6.39. The second-order valence-corrected chi connectivity index (χ2v) is 8.06. The third kappa shape index (κ3) is 3.24. The van der Waals surface area contributed by atoms with Crippen LogP contribution in [0.5, 0.6) is 0 Å². The van der Waals surface area contributed by atoms with Crippen LogP contribution in [0.3, 0.4) is 0 Å². The lowest BCUT2D eigenvalue weighted by atomic mass is 9.98. The van der Waals surface area contributed by atoms with Crippen molar-refractivity contribution in [3.8, 4) is 0 Å². The summed E-state index contributed by atoms with van der Waals surface area (Å²) in [5.41, 5.74) is 4.24. The number of aryl methyl sites for hydroxylation is 4. The molecule has 1 aliphatic heterocycles. The van der Waals surface area contributed by atoms with Crippen molar-refractivity contribution < 1.29 is 4.79 Å². The molecule has 130 valence electrons. The molecule has 3 rings (SSSR count).